The third kappa shape index (κ3) is 3.43. The molecule has 1 aromatic heterocycles. The molecule has 126 valence electrons. The molecule has 0 unspecified atom stereocenters. The van der Waals surface area contributed by atoms with Crippen LogP contribution in [0.1, 0.15) is 24.0 Å². The SMILES string of the molecule is O=C(Cc1cccc(F)c1)N1CCC(O)(c2cccnc2F)CC1. The third-order valence-corrected chi connectivity index (χ3v) is 4.45. The first kappa shape index (κ1) is 16.5. The van der Waals surface area contributed by atoms with Gasteiger partial charge in [0.15, 0.2) is 0 Å². The number of hydrogen-bond acceptors (Lipinski definition) is 3. The van der Waals surface area contributed by atoms with E-state index in [4.69, 9.17) is 0 Å². The van der Waals surface area contributed by atoms with Gasteiger partial charge in [0.2, 0.25) is 11.9 Å². The van der Waals surface area contributed by atoms with Crippen molar-refractivity contribution in [2.45, 2.75) is 24.9 Å². The van der Waals surface area contributed by atoms with E-state index in [2.05, 4.69) is 4.98 Å². The lowest BCUT2D eigenvalue weighted by molar-refractivity contribution is -0.135. The van der Waals surface area contributed by atoms with Crippen LogP contribution in [0.2, 0.25) is 0 Å². The first-order valence-corrected chi connectivity index (χ1v) is 7.83. The fourth-order valence-corrected chi connectivity index (χ4v) is 3.06. The summed E-state index contributed by atoms with van der Waals surface area (Å²) in [5.74, 6) is -1.19. The predicted octanol–water partition coefficient (Wildman–Crippen LogP) is 2.41. The zero-order valence-corrected chi connectivity index (χ0v) is 13.1. The van der Waals surface area contributed by atoms with Crippen molar-refractivity contribution in [2.24, 2.45) is 0 Å². The molecule has 0 spiro atoms. The Balaban J connectivity index is 1.64. The van der Waals surface area contributed by atoms with Gasteiger partial charge in [0, 0.05) is 24.8 Å². The van der Waals surface area contributed by atoms with E-state index in [-0.39, 0.29) is 36.6 Å². The Morgan fingerprint density at radius 2 is 1.96 bits per heavy atom. The zero-order chi connectivity index (χ0) is 17.2. The molecule has 4 nitrogen and oxygen atoms in total. The van der Waals surface area contributed by atoms with Crippen LogP contribution in [0.5, 0.6) is 0 Å². The first-order chi connectivity index (χ1) is 11.5. The third-order valence-electron chi connectivity index (χ3n) is 4.45. The van der Waals surface area contributed by atoms with Crippen molar-refractivity contribution in [3.63, 3.8) is 0 Å². The van der Waals surface area contributed by atoms with Crippen molar-refractivity contribution in [1.29, 1.82) is 0 Å². The maximum absolute atomic E-state index is 13.8. The Bertz CT molecular complexity index is 743. The molecule has 6 heteroatoms. The highest BCUT2D eigenvalue weighted by Gasteiger charge is 2.37. The second-order valence-corrected chi connectivity index (χ2v) is 6.06. The summed E-state index contributed by atoms with van der Waals surface area (Å²) >= 11 is 0. The average Bonchev–Trinajstić information content (AvgIpc) is 2.55. The number of likely N-dealkylation sites (tertiary alicyclic amines) is 1. The van der Waals surface area contributed by atoms with Gasteiger partial charge in [-0.05, 0) is 36.6 Å². The van der Waals surface area contributed by atoms with Gasteiger partial charge in [0.25, 0.3) is 0 Å². The van der Waals surface area contributed by atoms with Crippen molar-refractivity contribution in [3.05, 3.63) is 65.5 Å². The number of piperidine rings is 1. The van der Waals surface area contributed by atoms with Gasteiger partial charge in [-0.25, -0.2) is 9.37 Å². The number of benzene rings is 1. The van der Waals surface area contributed by atoms with Gasteiger partial charge in [-0.1, -0.05) is 18.2 Å². The number of rotatable bonds is 3. The normalized spacial score (nSPS) is 16.9. The van der Waals surface area contributed by atoms with Crippen LogP contribution in [0, 0.1) is 11.8 Å². The standard InChI is InChI=1S/C18H18F2N2O2/c19-14-4-1-3-13(11-14)12-16(23)22-9-6-18(24,7-10-22)15-5-2-8-21-17(15)20/h1-5,8,11,24H,6-7,9-10,12H2. The van der Waals surface area contributed by atoms with Gasteiger partial charge in [0.05, 0.1) is 12.0 Å². The van der Waals surface area contributed by atoms with Crippen LogP contribution in [0.25, 0.3) is 0 Å². The second-order valence-electron chi connectivity index (χ2n) is 6.06. The van der Waals surface area contributed by atoms with Gasteiger partial charge in [-0.3, -0.25) is 4.79 Å². The Labute approximate surface area is 138 Å². The minimum atomic E-state index is -1.31. The monoisotopic (exact) mass is 332 g/mol. The maximum Gasteiger partial charge on any atom is 0.226 e. The number of halogens is 2. The summed E-state index contributed by atoms with van der Waals surface area (Å²) in [6, 6.07) is 9.04. The molecule has 1 saturated heterocycles. The molecular formula is C18H18F2N2O2. The van der Waals surface area contributed by atoms with Crippen LogP contribution in [0.3, 0.4) is 0 Å². The molecule has 1 amide bonds. The minimum absolute atomic E-state index is 0.109. The van der Waals surface area contributed by atoms with Crippen LogP contribution >= 0.6 is 0 Å². The lowest BCUT2D eigenvalue weighted by Crippen LogP contribution is -2.46. The number of nitrogens with zero attached hydrogens (tertiary/aromatic N) is 2. The van der Waals surface area contributed by atoms with Crippen molar-refractivity contribution in [2.75, 3.05) is 13.1 Å². The van der Waals surface area contributed by atoms with E-state index in [0.29, 0.717) is 18.7 Å². The molecule has 2 heterocycles. The number of hydrogen-bond donors (Lipinski definition) is 1. The molecule has 0 saturated carbocycles. The van der Waals surface area contributed by atoms with Crippen LogP contribution < -0.4 is 0 Å². The number of carbonyl (C=O) groups excluding carboxylic acids is 1. The molecule has 24 heavy (non-hydrogen) atoms. The first-order valence-electron chi connectivity index (χ1n) is 7.83. The van der Waals surface area contributed by atoms with Gasteiger partial charge >= 0.3 is 0 Å². The van der Waals surface area contributed by atoms with Crippen LogP contribution in [0.15, 0.2) is 42.6 Å². The van der Waals surface area contributed by atoms with Crippen molar-refractivity contribution in [1.82, 2.24) is 9.88 Å². The van der Waals surface area contributed by atoms with E-state index in [0.717, 1.165) is 0 Å². The molecule has 1 N–H and O–H groups in total. The zero-order valence-electron chi connectivity index (χ0n) is 13.1. The summed E-state index contributed by atoms with van der Waals surface area (Å²) in [5, 5.41) is 10.7. The quantitative estimate of drug-likeness (QED) is 0.878. The Hall–Kier alpha value is -2.34. The number of amides is 1. The van der Waals surface area contributed by atoms with Crippen LogP contribution in [-0.2, 0) is 16.8 Å². The van der Waals surface area contributed by atoms with Gasteiger partial charge in [-0.15, -0.1) is 0 Å². The summed E-state index contributed by atoms with van der Waals surface area (Å²) in [6.45, 7) is 0.637. The number of pyridine rings is 1. The van der Waals surface area contributed by atoms with E-state index < -0.39 is 11.5 Å². The van der Waals surface area contributed by atoms with Crippen LogP contribution in [-0.4, -0.2) is 34.0 Å². The van der Waals surface area contributed by atoms with E-state index in [1.807, 2.05) is 0 Å². The lowest BCUT2D eigenvalue weighted by Gasteiger charge is -2.38. The van der Waals surface area contributed by atoms with E-state index in [9.17, 15) is 18.7 Å². The summed E-state index contributed by atoms with van der Waals surface area (Å²) in [5.41, 5.74) is -0.532. The fourth-order valence-electron chi connectivity index (χ4n) is 3.06. The molecule has 2 aromatic rings. The van der Waals surface area contributed by atoms with Crippen molar-refractivity contribution < 1.29 is 18.7 Å². The summed E-state index contributed by atoms with van der Waals surface area (Å²) in [4.78, 5) is 17.5. The van der Waals surface area contributed by atoms with E-state index >= 15 is 0 Å². The highest BCUT2D eigenvalue weighted by atomic mass is 19.1. The topological polar surface area (TPSA) is 53.4 Å². The molecule has 1 aliphatic heterocycles. The molecule has 3 rings (SSSR count). The molecule has 0 atom stereocenters. The number of aromatic nitrogens is 1. The largest absolute Gasteiger partial charge is 0.385 e. The predicted molar refractivity (Wildman–Crippen MR) is 84.0 cm³/mol. The lowest BCUT2D eigenvalue weighted by atomic mass is 9.85. The second kappa shape index (κ2) is 6.65. The van der Waals surface area contributed by atoms with E-state index in [1.54, 1.807) is 23.1 Å². The highest BCUT2D eigenvalue weighted by Crippen LogP contribution is 2.33. The molecule has 0 aliphatic carbocycles. The smallest absolute Gasteiger partial charge is 0.226 e. The molecule has 1 fully saturated rings. The number of aliphatic hydroxyl groups is 1. The molecule has 0 radical (unpaired) electrons. The molecule has 1 aliphatic rings. The van der Waals surface area contributed by atoms with Crippen molar-refractivity contribution >= 4 is 5.91 Å². The molecule has 1 aromatic carbocycles. The maximum atomic E-state index is 13.8. The minimum Gasteiger partial charge on any atom is -0.385 e. The van der Waals surface area contributed by atoms with Crippen LogP contribution in [0.4, 0.5) is 8.78 Å². The molecule has 0 bridgehead atoms. The van der Waals surface area contributed by atoms with E-state index in [1.165, 1.54) is 24.4 Å². The van der Waals surface area contributed by atoms with Crippen molar-refractivity contribution in [3.8, 4) is 0 Å². The molecular weight excluding hydrogens is 314 g/mol. The Morgan fingerprint density at radius 1 is 1.21 bits per heavy atom. The summed E-state index contributed by atoms with van der Waals surface area (Å²) in [7, 11) is 0. The fraction of sp³-hybridized carbons (Fsp3) is 0.333. The average molecular weight is 332 g/mol. The summed E-state index contributed by atoms with van der Waals surface area (Å²) < 4.78 is 27.0. The number of carbonyl (C=O) groups is 1. The summed E-state index contributed by atoms with van der Waals surface area (Å²) in [6.07, 6.45) is 1.92. The highest BCUT2D eigenvalue weighted by molar-refractivity contribution is 5.78. The van der Waals surface area contributed by atoms with Gasteiger partial charge < -0.3 is 10.0 Å². The van der Waals surface area contributed by atoms with Gasteiger partial charge in [0.1, 0.15) is 5.82 Å². The van der Waals surface area contributed by atoms with Gasteiger partial charge in [-0.2, -0.15) is 4.39 Å². The Morgan fingerprint density at radius 3 is 2.62 bits per heavy atom. The Kier molecular flexibility index (Phi) is 4.57.